The highest BCUT2D eigenvalue weighted by molar-refractivity contribution is 9.10. The number of halogens is 1. The number of rotatable bonds is 7. The molecule has 6 nitrogen and oxygen atoms in total. The topological polar surface area (TPSA) is 75.0 Å². The van der Waals surface area contributed by atoms with E-state index in [1.807, 2.05) is 30.3 Å². The summed E-state index contributed by atoms with van der Waals surface area (Å²) >= 11 is 3.39. The summed E-state index contributed by atoms with van der Waals surface area (Å²) in [6.45, 7) is 3.61. The molecule has 0 bridgehead atoms. The van der Waals surface area contributed by atoms with Gasteiger partial charge >= 0.3 is 11.9 Å². The zero-order chi connectivity index (χ0) is 20.1. The van der Waals surface area contributed by atoms with Gasteiger partial charge in [-0.25, -0.2) is 9.59 Å². The first-order valence-corrected chi connectivity index (χ1v) is 9.51. The van der Waals surface area contributed by atoms with Gasteiger partial charge in [-0.1, -0.05) is 30.3 Å². The minimum Gasteiger partial charge on any atom is -0.481 e. The highest BCUT2D eigenvalue weighted by Crippen LogP contribution is 2.35. The molecule has 28 heavy (non-hydrogen) atoms. The smallest absolute Gasteiger partial charge is 0.344 e. The molecule has 1 heterocycles. The van der Waals surface area contributed by atoms with E-state index in [0.29, 0.717) is 32.5 Å². The van der Waals surface area contributed by atoms with Crippen molar-refractivity contribution < 1.29 is 28.2 Å². The monoisotopic (exact) mass is 446 g/mol. The van der Waals surface area contributed by atoms with Crippen LogP contribution in [-0.2, 0) is 20.9 Å². The zero-order valence-corrected chi connectivity index (χ0v) is 17.1. The third-order valence-corrected chi connectivity index (χ3v) is 4.61. The summed E-state index contributed by atoms with van der Waals surface area (Å²) in [5, 5.41) is 0.562. The molecule has 0 unspecified atom stereocenters. The van der Waals surface area contributed by atoms with E-state index in [-0.39, 0.29) is 19.8 Å². The number of hydrogen-bond donors (Lipinski definition) is 0. The second kappa shape index (κ2) is 8.93. The summed E-state index contributed by atoms with van der Waals surface area (Å²) in [6, 6.07) is 12.7. The quantitative estimate of drug-likeness (QED) is 0.485. The predicted molar refractivity (Wildman–Crippen MR) is 106 cm³/mol. The SMILES string of the molecule is CCOC(=O)c1c(C)oc2cc(Br)c(OCC(=O)OCc3ccccc3)cc12. The van der Waals surface area contributed by atoms with Gasteiger partial charge in [-0.3, -0.25) is 0 Å². The first-order chi connectivity index (χ1) is 13.5. The highest BCUT2D eigenvalue weighted by Gasteiger charge is 2.21. The van der Waals surface area contributed by atoms with E-state index in [1.165, 1.54) is 0 Å². The number of aryl methyl sites for hydroxylation is 1. The van der Waals surface area contributed by atoms with Crippen LogP contribution in [0.3, 0.4) is 0 Å². The average molecular weight is 447 g/mol. The molecular weight excluding hydrogens is 428 g/mol. The van der Waals surface area contributed by atoms with Crippen LogP contribution in [0.5, 0.6) is 5.75 Å². The Kier molecular flexibility index (Phi) is 6.36. The first kappa shape index (κ1) is 19.9. The predicted octanol–water partition coefficient (Wildman–Crippen LogP) is 4.80. The molecule has 1 aromatic heterocycles. The second-order valence-corrected chi connectivity index (χ2v) is 6.82. The molecule has 3 aromatic rings. The van der Waals surface area contributed by atoms with E-state index < -0.39 is 11.9 Å². The van der Waals surface area contributed by atoms with E-state index >= 15 is 0 Å². The fourth-order valence-corrected chi connectivity index (χ4v) is 3.14. The number of carbonyl (C=O) groups is 2. The van der Waals surface area contributed by atoms with Crippen molar-refractivity contribution in [2.24, 2.45) is 0 Å². The minimum atomic E-state index is -0.496. The van der Waals surface area contributed by atoms with Gasteiger partial charge in [0.05, 0.1) is 11.1 Å². The van der Waals surface area contributed by atoms with Crippen molar-refractivity contribution in [2.75, 3.05) is 13.2 Å². The van der Waals surface area contributed by atoms with Crippen LogP contribution in [0.2, 0.25) is 0 Å². The van der Waals surface area contributed by atoms with Gasteiger partial charge in [-0.2, -0.15) is 0 Å². The van der Waals surface area contributed by atoms with Crippen molar-refractivity contribution in [3.8, 4) is 5.75 Å². The van der Waals surface area contributed by atoms with Crippen molar-refractivity contribution in [3.63, 3.8) is 0 Å². The van der Waals surface area contributed by atoms with E-state index in [9.17, 15) is 9.59 Å². The largest absolute Gasteiger partial charge is 0.481 e. The second-order valence-electron chi connectivity index (χ2n) is 5.97. The van der Waals surface area contributed by atoms with Gasteiger partial charge in [-0.05, 0) is 47.5 Å². The molecule has 0 N–H and O–H groups in total. The maximum absolute atomic E-state index is 12.2. The number of fused-ring (bicyclic) bond motifs is 1. The molecule has 146 valence electrons. The number of esters is 2. The van der Waals surface area contributed by atoms with Crippen LogP contribution in [0.15, 0.2) is 51.4 Å². The Morgan fingerprint density at radius 1 is 1.11 bits per heavy atom. The van der Waals surface area contributed by atoms with Crippen LogP contribution in [-0.4, -0.2) is 25.2 Å². The van der Waals surface area contributed by atoms with Crippen LogP contribution in [0, 0.1) is 6.92 Å². The fourth-order valence-electron chi connectivity index (χ4n) is 2.70. The molecule has 0 aliphatic heterocycles. The highest BCUT2D eigenvalue weighted by atomic mass is 79.9. The van der Waals surface area contributed by atoms with Crippen molar-refractivity contribution in [3.05, 3.63) is 63.8 Å². The molecule has 0 saturated heterocycles. The van der Waals surface area contributed by atoms with Gasteiger partial charge < -0.3 is 18.6 Å². The Morgan fingerprint density at radius 2 is 1.86 bits per heavy atom. The standard InChI is InChI=1S/C21H19BrO6/c1-3-25-21(24)20-13(2)28-17-10-16(22)18(9-15(17)20)26-12-19(23)27-11-14-7-5-4-6-8-14/h4-10H,3,11-12H2,1-2H3. The molecule has 0 atom stereocenters. The van der Waals surface area contributed by atoms with Crippen LogP contribution in [0.25, 0.3) is 11.0 Å². The Morgan fingerprint density at radius 3 is 2.57 bits per heavy atom. The van der Waals surface area contributed by atoms with E-state index in [4.69, 9.17) is 18.6 Å². The normalized spacial score (nSPS) is 10.7. The molecule has 0 aliphatic carbocycles. The molecule has 0 amide bonds. The lowest BCUT2D eigenvalue weighted by molar-refractivity contribution is -0.147. The van der Waals surface area contributed by atoms with Crippen molar-refractivity contribution >= 4 is 38.8 Å². The summed E-state index contributed by atoms with van der Waals surface area (Å²) in [4.78, 5) is 24.2. The molecule has 0 radical (unpaired) electrons. The molecule has 2 aromatic carbocycles. The molecule has 7 heteroatoms. The Labute approximate surface area is 170 Å². The summed E-state index contributed by atoms with van der Waals surface area (Å²) in [5.41, 5.74) is 1.76. The summed E-state index contributed by atoms with van der Waals surface area (Å²) in [6.07, 6.45) is 0. The first-order valence-electron chi connectivity index (χ1n) is 8.71. The summed E-state index contributed by atoms with van der Waals surface area (Å²) in [7, 11) is 0. The van der Waals surface area contributed by atoms with Gasteiger partial charge in [0.15, 0.2) is 6.61 Å². The number of benzene rings is 2. The molecule has 0 fully saturated rings. The molecule has 3 rings (SSSR count). The number of carbonyl (C=O) groups excluding carboxylic acids is 2. The summed E-state index contributed by atoms with van der Waals surface area (Å²) in [5.74, 6) is -0.102. The number of furan rings is 1. The maximum atomic E-state index is 12.2. The third-order valence-electron chi connectivity index (χ3n) is 3.99. The Hall–Kier alpha value is -2.80. The molecule has 0 aliphatic rings. The van der Waals surface area contributed by atoms with Gasteiger partial charge in [0, 0.05) is 5.39 Å². The Balaban J connectivity index is 1.72. The van der Waals surface area contributed by atoms with Crippen molar-refractivity contribution in [2.45, 2.75) is 20.5 Å². The lowest BCUT2D eigenvalue weighted by Crippen LogP contribution is -2.15. The van der Waals surface area contributed by atoms with Gasteiger partial charge in [-0.15, -0.1) is 0 Å². The van der Waals surface area contributed by atoms with Crippen LogP contribution >= 0.6 is 15.9 Å². The molecular formula is C21H19BrO6. The fraction of sp³-hybridized carbons (Fsp3) is 0.238. The number of ether oxygens (including phenoxy) is 3. The third kappa shape index (κ3) is 4.54. The maximum Gasteiger partial charge on any atom is 0.344 e. The van der Waals surface area contributed by atoms with E-state index in [0.717, 1.165) is 5.56 Å². The summed E-state index contributed by atoms with van der Waals surface area (Å²) < 4.78 is 22.1. The van der Waals surface area contributed by atoms with Crippen LogP contribution in [0.4, 0.5) is 0 Å². The van der Waals surface area contributed by atoms with Gasteiger partial charge in [0.2, 0.25) is 0 Å². The van der Waals surface area contributed by atoms with Gasteiger partial charge in [0.1, 0.15) is 29.3 Å². The van der Waals surface area contributed by atoms with Gasteiger partial charge in [0.25, 0.3) is 0 Å². The van der Waals surface area contributed by atoms with E-state index in [1.54, 1.807) is 26.0 Å². The lowest BCUT2D eigenvalue weighted by atomic mass is 10.1. The van der Waals surface area contributed by atoms with E-state index in [2.05, 4.69) is 15.9 Å². The minimum absolute atomic E-state index is 0.178. The van der Waals surface area contributed by atoms with Crippen molar-refractivity contribution in [1.82, 2.24) is 0 Å². The van der Waals surface area contributed by atoms with Crippen molar-refractivity contribution in [1.29, 1.82) is 0 Å². The molecule has 0 spiro atoms. The number of hydrogen-bond acceptors (Lipinski definition) is 6. The van der Waals surface area contributed by atoms with Crippen LogP contribution in [0.1, 0.15) is 28.6 Å². The Bertz CT molecular complexity index is 993. The average Bonchev–Trinajstić information content (AvgIpc) is 3.00. The van der Waals surface area contributed by atoms with Crippen LogP contribution < -0.4 is 4.74 Å². The molecule has 0 saturated carbocycles. The zero-order valence-electron chi connectivity index (χ0n) is 15.5. The lowest BCUT2D eigenvalue weighted by Gasteiger charge is -2.09.